The summed E-state index contributed by atoms with van der Waals surface area (Å²) in [5.41, 5.74) is 9.81. The van der Waals surface area contributed by atoms with Crippen LogP contribution in [0.1, 0.15) is 41.8 Å². The maximum atomic E-state index is 13.9. The van der Waals surface area contributed by atoms with Crippen LogP contribution >= 0.6 is 0 Å². The minimum atomic E-state index is -3.36. The van der Waals surface area contributed by atoms with Crippen molar-refractivity contribution >= 4 is 27.0 Å². The van der Waals surface area contributed by atoms with E-state index in [2.05, 4.69) is 25.7 Å². The summed E-state index contributed by atoms with van der Waals surface area (Å²) in [5.74, 6) is 1.43. The summed E-state index contributed by atoms with van der Waals surface area (Å²) in [6.45, 7) is 3.02. The highest BCUT2D eigenvalue weighted by atomic mass is 32.2. The Bertz CT molecular complexity index is 1300. The van der Waals surface area contributed by atoms with E-state index in [1.165, 1.54) is 5.56 Å². The molecule has 0 spiro atoms. The zero-order chi connectivity index (χ0) is 22.5. The summed E-state index contributed by atoms with van der Waals surface area (Å²) >= 11 is 0. The molecule has 0 saturated heterocycles. The number of aromatic nitrogens is 4. The van der Waals surface area contributed by atoms with Crippen LogP contribution in [-0.2, 0) is 29.4 Å². The number of sulfonamides is 1. The van der Waals surface area contributed by atoms with Gasteiger partial charge in [0.05, 0.1) is 12.4 Å². The molecule has 0 radical (unpaired) electrons. The monoisotopic (exact) mass is 460 g/mol. The quantitative estimate of drug-likeness (QED) is 0.492. The van der Waals surface area contributed by atoms with E-state index in [0.717, 1.165) is 36.1 Å². The molecule has 0 amide bonds. The number of fused-ring (bicyclic) bond motifs is 2. The predicted octanol–water partition coefficient (Wildman–Crippen LogP) is 1.85. The summed E-state index contributed by atoms with van der Waals surface area (Å²) in [5, 5.41) is 0. The van der Waals surface area contributed by atoms with Crippen LogP contribution in [0, 0.1) is 13.0 Å². The van der Waals surface area contributed by atoms with Crippen LogP contribution in [0.25, 0.3) is 11.2 Å². The van der Waals surface area contributed by atoms with Crippen LogP contribution in [0.4, 0.5) is 10.2 Å². The van der Waals surface area contributed by atoms with Gasteiger partial charge in [-0.3, -0.25) is 0 Å². The number of anilines is 1. The molecular formula is C21H25FN6O3S. The van der Waals surface area contributed by atoms with Crippen molar-refractivity contribution in [2.75, 3.05) is 18.1 Å². The van der Waals surface area contributed by atoms with Gasteiger partial charge < -0.3 is 15.0 Å². The minimum absolute atomic E-state index is 0.0304. The highest BCUT2D eigenvalue weighted by Gasteiger charge is 2.27. The van der Waals surface area contributed by atoms with E-state index in [1.807, 2.05) is 13.0 Å². The summed E-state index contributed by atoms with van der Waals surface area (Å²) in [6, 6.07) is 4.20. The standard InChI is InChI=1S/C21H25FN6O3S/c1-12-9-13-5-7-31-16(13)10-14(12)11-17-24-18-19(23)25-21(22)26-20(18)28(17)6-2-8-32(29,30)27-15-3-4-15/h9-10,15,27H,2-8,11H2,1H3,(H2,23,25,26). The highest BCUT2D eigenvalue weighted by Crippen LogP contribution is 2.30. The first kappa shape index (κ1) is 21.1. The van der Waals surface area contributed by atoms with Crippen molar-refractivity contribution in [1.82, 2.24) is 24.2 Å². The summed E-state index contributed by atoms with van der Waals surface area (Å²) in [4.78, 5) is 12.1. The number of benzene rings is 1. The number of nitrogens with one attached hydrogen (secondary N) is 1. The number of imidazole rings is 1. The molecule has 0 bridgehead atoms. The van der Waals surface area contributed by atoms with Crippen LogP contribution < -0.4 is 15.2 Å². The van der Waals surface area contributed by atoms with Gasteiger partial charge in [0.15, 0.2) is 17.0 Å². The number of aryl methyl sites for hydroxylation is 2. The molecule has 9 nitrogen and oxygen atoms in total. The van der Waals surface area contributed by atoms with Crippen molar-refractivity contribution in [3.05, 3.63) is 40.7 Å². The summed E-state index contributed by atoms with van der Waals surface area (Å²) in [6.07, 6.45) is 2.51. The van der Waals surface area contributed by atoms with Crippen molar-refractivity contribution in [3.63, 3.8) is 0 Å². The number of rotatable bonds is 8. The van der Waals surface area contributed by atoms with E-state index in [9.17, 15) is 12.8 Å². The van der Waals surface area contributed by atoms with Gasteiger partial charge in [-0.05, 0) is 48.9 Å². The lowest BCUT2D eigenvalue weighted by atomic mass is 10.0. The maximum absolute atomic E-state index is 13.9. The molecular weight excluding hydrogens is 435 g/mol. The molecule has 3 N–H and O–H groups in total. The van der Waals surface area contributed by atoms with Crippen molar-refractivity contribution in [3.8, 4) is 5.75 Å². The normalized spacial score (nSPS) is 15.8. The van der Waals surface area contributed by atoms with Gasteiger partial charge in [0.2, 0.25) is 10.0 Å². The molecule has 1 saturated carbocycles. The van der Waals surface area contributed by atoms with E-state index in [-0.39, 0.29) is 23.3 Å². The van der Waals surface area contributed by atoms with Crippen LogP contribution in [0.3, 0.4) is 0 Å². The smallest absolute Gasteiger partial charge is 0.312 e. The van der Waals surface area contributed by atoms with Crippen LogP contribution in [0.5, 0.6) is 5.75 Å². The van der Waals surface area contributed by atoms with E-state index in [4.69, 9.17) is 10.5 Å². The van der Waals surface area contributed by atoms with E-state index in [0.29, 0.717) is 37.3 Å². The minimum Gasteiger partial charge on any atom is -0.493 e. The van der Waals surface area contributed by atoms with Crippen molar-refractivity contribution in [2.45, 2.75) is 51.6 Å². The van der Waals surface area contributed by atoms with E-state index >= 15 is 0 Å². The fourth-order valence-corrected chi connectivity index (χ4v) is 5.46. The van der Waals surface area contributed by atoms with Crippen LogP contribution in [0.15, 0.2) is 12.1 Å². The molecule has 2 aromatic heterocycles. The first-order valence-corrected chi connectivity index (χ1v) is 12.4. The molecule has 32 heavy (non-hydrogen) atoms. The largest absolute Gasteiger partial charge is 0.493 e. The Kier molecular flexibility index (Phi) is 5.25. The van der Waals surface area contributed by atoms with Gasteiger partial charge in [0.25, 0.3) is 0 Å². The number of halogens is 1. The van der Waals surface area contributed by atoms with E-state index in [1.54, 1.807) is 4.57 Å². The Labute approximate surface area is 185 Å². The SMILES string of the molecule is Cc1cc2c(cc1Cc1nc3c(N)nc(F)nc3n1CCCS(=O)(=O)NC1CC1)OCC2. The lowest BCUT2D eigenvalue weighted by molar-refractivity contribution is 0.356. The van der Waals surface area contributed by atoms with Crippen molar-refractivity contribution in [2.24, 2.45) is 0 Å². The van der Waals surface area contributed by atoms with Gasteiger partial charge in [-0.1, -0.05) is 6.07 Å². The number of hydrogen-bond acceptors (Lipinski definition) is 7. The Morgan fingerprint density at radius 2 is 2.09 bits per heavy atom. The molecule has 1 aromatic carbocycles. The second-order valence-electron chi connectivity index (χ2n) is 8.46. The lowest BCUT2D eigenvalue weighted by Gasteiger charge is -2.12. The molecule has 1 fully saturated rings. The topological polar surface area (TPSA) is 125 Å². The molecule has 3 heterocycles. The van der Waals surface area contributed by atoms with E-state index < -0.39 is 16.1 Å². The van der Waals surface area contributed by atoms with Gasteiger partial charge >= 0.3 is 6.08 Å². The Morgan fingerprint density at radius 1 is 1.28 bits per heavy atom. The fraction of sp³-hybridized carbons (Fsp3) is 0.476. The average Bonchev–Trinajstić information content (AvgIpc) is 3.28. The molecule has 0 unspecified atom stereocenters. The van der Waals surface area contributed by atoms with Crippen molar-refractivity contribution < 1.29 is 17.5 Å². The summed E-state index contributed by atoms with van der Waals surface area (Å²) < 4.78 is 48.6. The third kappa shape index (κ3) is 4.26. The molecule has 5 rings (SSSR count). The third-order valence-electron chi connectivity index (χ3n) is 5.89. The maximum Gasteiger partial charge on any atom is 0.312 e. The van der Waals surface area contributed by atoms with Gasteiger partial charge in [-0.2, -0.15) is 14.4 Å². The fourth-order valence-electron chi connectivity index (χ4n) is 4.09. The molecule has 3 aromatic rings. The van der Waals surface area contributed by atoms with Crippen LogP contribution in [-0.4, -0.2) is 46.3 Å². The molecule has 1 aliphatic carbocycles. The Balaban J connectivity index is 1.46. The van der Waals surface area contributed by atoms with Crippen LogP contribution in [0.2, 0.25) is 0 Å². The predicted molar refractivity (Wildman–Crippen MR) is 117 cm³/mol. The summed E-state index contributed by atoms with van der Waals surface area (Å²) in [7, 11) is -3.36. The first-order valence-electron chi connectivity index (χ1n) is 10.7. The average molecular weight is 461 g/mol. The zero-order valence-corrected chi connectivity index (χ0v) is 18.6. The second-order valence-corrected chi connectivity index (χ2v) is 10.3. The lowest BCUT2D eigenvalue weighted by Crippen LogP contribution is -2.28. The molecule has 170 valence electrons. The first-order chi connectivity index (χ1) is 15.3. The van der Waals surface area contributed by atoms with Gasteiger partial charge in [-0.25, -0.2) is 18.1 Å². The number of nitrogens with zero attached hydrogens (tertiary/aromatic N) is 4. The van der Waals surface area contributed by atoms with Gasteiger partial charge in [0, 0.05) is 25.4 Å². The number of hydrogen-bond donors (Lipinski definition) is 2. The molecule has 2 aliphatic rings. The Hall–Kier alpha value is -2.79. The third-order valence-corrected chi connectivity index (χ3v) is 7.41. The number of nitrogens with two attached hydrogens (primary N) is 1. The zero-order valence-electron chi connectivity index (χ0n) is 17.8. The number of nitrogen functional groups attached to an aromatic ring is 1. The van der Waals surface area contributed by atoms with Crippen molar-refractivity contribution in [1.29, 1.82) is 0 Å². The highest BCUT2D eigenvalue weighted by molar-refractivity contribution is 7.89. The van der Waals surface area contributed by atoms with Gasteiger partial charge in [0.1, 0.15) is 11.6 Å². The van der Waals surface area contributed by atoms with Gasteiger partial charge in [-0.15, -0.1) is 0 Å². The Morgan fingerprint density at radius 3 is 2.88 bits per heavy atom. The second kappa shape index (κ2) is 7.96. The molecule has 11 heteroatoms. The molecule has 1 aliphatic heterocycles. The number of ether oxygens (including phenoxy) is 1. The molecule has 0 atom stereocenters.